The van der Waals surface area contributed by atoms with Gasteiger partial charge < -0.3 is 0 Å². The molecule has 1 atom stereocenters. The second-order valence-electron chi connectivity index (χ2n) is 3.15. The van der Waals surface area contributed by atoms with Crippen LogP contribution in [-0.4, -0.2) is 16.9 Å². The van der Waals surface area contributed by atoms with E-state index >= 15 is 0 Å². The van der Waals surface area contributed by atoms with Gasteiger partial charge in [-0.3, -0.25) is 9.59 Å². The molecule has 0 saturated heterocycles. The molecule has 0 aliphatic heterocycles. The van der Waals surface area contributed by atoms with Crippen LogP contribution < -0.4 is 0 Å². The highest BCUT2D eigenvalue weighted by molar-refractivity contribution is 9.10. The lowest BCUT2D eigenvalue weighted by Gasteiger charge is -2.06. The lowest BCUT2D eigenvalue weighted by Crippen LogP contribution is -2.12. The van der Waals surface area contributed by atoms with Crippen molar-refractivity contribution in [3.63, 3.8) is 0 Å². The van der Waals surface area contributed by atoms with Crippen LogP contribution >= 0.6 is 27.5 Å². The van der Waals surface area contributed by atoms with Gasteiger partial charge in [-0.1, -0.05) is 28.1 Å². The summed E-state index contributed by atoms with van der Waals surface area (Å²) < 4.78 is 0. The summed E-state index contributed by atoms with van der Waals surface area (Å²) in [6.07, 6.45) is 0.679. The number of aldehydes is 1. The Morgan fingerprint density at radius 3 is 2.73 bits per heavy atom. The number of rotatable bonds is 4. The van der Waals surface area contributed by atoms with E-state index in [4.69, 9.17) is 11.6 Å². The second-order valence-corrected chi connectivity index (χ2v) is 4.79. The van der Waals surface area contributed by atoms with Crippen LogP contribution in [0.5, 0.6) is 0 Å². The number of halogens is 2. The van der Waals surface area contributed by atoms with Crippen LogP contribution in [0, 0.1) is 0 Å². The van der Waals surface area contributed by atoms with E-state index in [0.717, 1.165) is 5.56 Å². The zero-order chi connectivity index (χ0) is 11.4. The van der Waals surface area contributed by atoms with Crippen molar-refractivity contribution >= 4 is 39.6 Å². The van der Waals surface area contributed by atoms with E-state index in [1.165, 1.54) is 0 Å². The standard InChI is InChI=1S/C11H10BrClO2/c1-7(12)11(15)10-3-2-8(5-13)4-9(10)6-14/h2-4,6-7H,5H2,1H3. The molecule has 4 heteroatoms. The van der Waals surface area contributed by atoms with Gasteiger partial charge in [-0.25, -0.2) is 0 Å². The first-order chi connectivity index (χ1) is 7.10. The molecule has 0 saturated carbocycles. The van der Waals surface area contributed by atoms with E-state index in [1.54, 1.807) is 25.1 Å². The third-order valence-corrected chi connectivity index (χ3v) is 2.75. The fourth-order valence-electron chi connectivity index (χ4n) is 1.23. The molecule has 0 N–H and O–H groups in total. The van der Waals surface area contributed by atoms with Gasteiger partial charge in [0.25, 0.3) is 0 Å². The van der Waals surface area contributed by atoms with Crippen molar-refractivity contribution in [1.29, 1.82) is 0 Å². The molecule has 1 rings (SSSR count). The quantitative estimate of drug-likeness (QED) is 0.484. The summed E-state index contributed by atoms with van der Waals surface area (Å²) in [4.78, 5) is 22.2. The first kappa shape index (κ1) is 12.4. The van der Waals surface area contributed by atoms with Crippen molar-refractivity contribution in [3.05, 3.63) is 34.9 Å². The van der Waals surface area contributed by atoms with Gasteiger partial charge in [-0.15, -0.1) is 11.6 Å². The van der Waals surface area contributed by atoms with Gasteiger partial charge in [0.2, 0.25) is 0 Å². The van der Waals surface area contributed by atoms with Gasteiger partial charge in [0.05, 0.1) is 4.83 Å². The summed E-state index contributed by atoms with van der Waals surface area (Å²) in [6.45, 7) is 1.73. The smallest absolute Gasteiger partial charge is 0.176 e. The highest BCUT2D eigenvalue weighted by Crippen LogP contribution is 2.16. The number of benzene rings is 1. The summed E-state index contributed by atoms with van der Waals surface area (Å²) in [5.74, 6) is 0.234. The lowest BCUT2D eigenvalue weighted by molar-refractivity contribution is 0.0989. The van der Waals surface area contributed by atoms with Crippen LogP contribution in [0.25, 0.3) is 0 Å². The Labute approximate surface area is 102 Å². The molecule has 0 spiro atoms. The Morgan fingerprint density at radius 2 is 2.27 bits per heavy atom. The Kier molecular flexibility index (Phi) is 4.48. The van der Waals surface area contributed by atoms with Gasteiger partial charge >= 0.3 is 0 Å². The van der Waals surface area contributed by atoms with Gasteiger partial charge in [0.15, 0.2) is 12.1 Å². The molecule has 0 fully saturated rings. The number of Topliss-reactive ketones (excluding diaryl/α,β-unsaturated/α-hetero) is 1. The van der Waals surface area contributed by atoms with Crippen LogP contribution in [0.3, 0.4) is 0 Å². The number of hydrogen-bond donors (Lipinski definition) is 0. The van der Waals surface area contributed by atoms with Crippen LogP contribution in [0.4, 0.5) is 0 Å². The molecule has 0 aliphatic carbocycles. The van der Waals surface area contributed by atoms with Crippen molar-refractivity contribution in [1.82, 2.24) is 0 Å². The number of alkyl halides is 2. The molecule has 80 valence electrons. The highest BCUT2D eigenvalue weighted by Gasteiger charge is 2.15. The summed E-state index contributed by atoms with van der Waals surface area (Å²) in [5.41, 5.74) is 1.66. The van der Waals surface area contributed by atoms with Crippen LogP contribution in [0.15, 0.2) is 18.2 Å². The third-order valence-electron chi connectivity index (χ3n) is 2.02. The predicted octanol–water partition coefficient (Wildman–Crippen LogP) is 3.20. The third kappa shape index (κ3) is 2.89. The number of carbonyl (C=O) groups is 2. The SMILES string of the molecule is CC(Br)C(=O)c1ccc(CCl)cc1C=O. The van der Waals surface area contributed by atoms with Gasteiger partial charge in [0.1, 0.15) is 0 Å². The molecule has 0 aliphatic rings. The maximum Gasteiger partial charge on any atom is 0.176 e. The van der Waals surface area contributed by atoms with Crippen molar-refractivity contribution in [3.8, 4) is 0 Å². The van der Waals surface area contributed by atoms with Crippen molar-refractivity contribution in [2.45, 2.75) is 17.6 Å². The number of carbonyl (C=O) groups excluding carboxylic acids is 2. The van der Waals surface area contributed by atoms with E-state index in [1.807, 2.05) is 0 Å². The summed E-state index contributed by atoms with van der Waals surface area (Å²) >= 11 is 8.82. The monoisotopic (exact) mass is 288 g/mol. The van der Waals surface area contributed by atoms with Crippen molar-refractivity contribution in [2.24, 2.45) is 0 Å². The molecule has 0 radical (unpaired) electrons. The fourth-order valence-corrected chi connectivity index (χ4v) is 1.64. The van der Waals surface area contributed by atoms with Gasteiger partial charge in [0, 0.05) is 17.0 Å². The van der Waals surface area contributed by atoms with Gasteiger partial charge in [-0.05, 0) is 18.6 Å². The van der Waals surface area contributed by atoms with E-state index in [2.05, 4.69) is 15.9 Å². The molecule has 0 bridgehead atoms. The molecule has 0 aromatic heterocycles. The van der Waals surface area contributed by atoms with Gasteiger partial charge in [-0.2, -0.15) is 0 Å². The Morgan fingerprint density at radius 1 is 1.60 bits per heavy atom. The first-order valence-electron chi connectivity index (χ1n) is 4.42. The molecule has 1 aromatic rings. The minimum absolute atomic E-state index is 0.0989. The summed E-state index contributed by atoms with van der Waals surface area (Å²) in [6, 6.07) is 5.03. The van der Waals surface area contributed by atoms with Crippen LogP contribution in [0.1, 0.15) is 33.2 Å². The molecule has 0 heterocycles. The second kappa shape index (κ2) is 5.42. The molecule has 1 unspecified atom stereocenters. The number of hydrogen-bond acceptors (Lipinski definition) is 2. The normalized spacial score (nSPS) is 12.2. The molecule has 0 amide bonds. The average Bonchev–Trinajstić information content (AvgIpc) is 2.27. The van der Waals surface area contributed by atoms with Crippen LogP contribution in [0.2, 0.25) is 0 Å². The maximum absolute atomic E-state index is 11.7. The van der Waals surface area contributed by atoms with E-state index < -0.39 is 0 Å². The lowest BCUT2D eigenvalue weighted by atomic mass is 10.0. The average molecular weight is 290 g/mol. The fraction of sp³-hybridized carbons (Fsp3) is 0.273. The topological polar surface area (TPSA) is 34.1 Å². The zero-order valence-electron chi connectivity index (χ0n) is 8.17. The largest absolute Gasteiger partial charge is 0.298 e. The molecule has 1 aromatic carbocycles. The first-order valence-corrected chi connectivity index (χ1v) is 5.87. The minimum Gasteiger partial charge on any atom is -0.298 e. The van der Waals surface area contributed by atoms with Crippen molar-refractivity contribution < 1.29 is 9.59 Å². The minimum atomic E-state index is -0.293. The Hall–Kier alpha value is -0.670. The molecular formula is C11H10BrClO2. The van der Waals surface area contributed by atoms with E-state index in [9.17, 15) is 9.59 Å². The highest BCUT2D eigenvalue weighted by atomic mass is 79.9. The number of ketones is 1. The summed E-state index contributed by atoms with van der Waals surface area (Å²) in [7, 11) is 0. The zero-order valence-corrected chi connectivity index (χ0v) is 10.5. The van der Waals surface area contributed by atoms with E-state index in [0.29, 0.717) is 23.3 Å². The molecule has 2 nitrogen and oxygen atoms in total. The Bertz CT molecular complexity index is 388. The predicted molar refractivity (Wildman–Crippen MR) is 64.1 cm³/mol. The molecular weight excluding hydrogens is 279 g/mol. The maximum atomic E-state index is 11.7. The molecule has 15 heavy (non-hydrogen) atoms. The summed E-state index contributed by atoms with van der Waals surface area (Å²) in [5, 5.41) is 0. The van der Waals surface area contributed by atoms with E-state index in [-0.39, 0.29) is 10.6 Å². The Balaban J connectivity index is 3.19. The van der Waals surface area contributed by atoms with Crippen molar-refractivity contribution in [2.75, 3.05) is 0 Å². The van der Waals surface area contributed by atoms with Crippen LogP contribution in [-0.2, 0) is 5.88 Å².